The molecule has 0 bridgehead atoms. The largest absolute Gasteiger partial charge is 0.329 e. The van der Waals surface area contributed by atoms with Crippen molar-refractivity contribution < 1.29 is 0 Å². The van der Waals surface area contributed by atoms with E-state index in [1.54, 1.807) is 0 Å². The van der Waals surface area contributed by atoms with Gasteiger partial charge in [0, 0.05) is 29.8 Å². The van der Waals surface area contributed by atoms with Gasteiger partial charge in [-0.3, -0.25) is 0 Å². The number of aromatic nitrogens is 2. The standard InChI is InChI=1S/C14H18BrN3/c1-11(2)17-8-14-7-16-10-18(14)9-12-3-5-13(15)6-4-12/h3-7,10-11,17H,8-9H2,1-2H3. The van der Waals surface area contributed by atoms with E-state index in [1.807, 2.05) is 12.5 Å². The molecule has 96 valence electrons. The third kappa shape index (κ3) is 3.68. The Morgan fingerprint density at radius 2 is 2.00 bits per heavy atom. The summed E-state index contributed by atoms with van der Waals surface area (Å²) in [5.74, 6) is 0. The zero-order valence-corrected chi connectivity index (χ0v) is 12.3. The maximum absolute atomic E-state index is 4.23. The maximum Gasteiger partial charge on any atom is 0.0951 e. The van der Waals surface area contributed by atoms with Gasteiger partial charge in [0.2, 0.25) is 0 Å². The first-order valence-corrected chi connectivity index (χ1v) is 6.91. The van der Waals surface area contributed by atoms with Crippen LogP contribution in [0.25, 0.3) is 0 Å². The second-order valence-corrected chi connectivity index (χ2v) is 5.59. The molecule has 3 nitrogen and oxygen atoms in total. The van der Waals surface area contributed by atoms with Crippen LogP contribution in [-0.4, -0.2) is 15.6 Å². The second kappa shape index (κ2) is 6.16. The van der Waals surface area contributed by atoms with E-state index in [2.05, 4.69) is 68.9 Å². The molecular formula is C14H18BrN3. The van der Waals surface area contributed by atoms with E-state index in [4.69, 9.17) is 0 Å². The predicted molar refractivity (Wildman–Crippen MR) is 77.4 cm³/mol. The number of nitrogens with zero attached hydrogens (tertiary/aromatic N) is 2. The molecule has 0 fully saturated rings. The third-order valence-electron chi connectivity index (χ3n) is 2.76. The molecule has 1 aromatic heterocycles. The molecule has 0 aliphatic carbocycles. The van der Waals surface area contributed by atoms with Crippen molar-refractivity contribution in [2.45, 2.75) is 33.0 Å². The zero-order valence-electron chi connectivity index (χ0n) is 10.7. The fraction of sp³-hybridized carbons (Fsp3) is 0.357. The number of hydrogen-bond acceptors (Lipinski definition) is 2. The summed E-state index contributed by atoms with van der Waals surface area (Å²) in [6, 6.07) is 8.88. The minimum atomic E-state index is 0.487. The molecule has 0 saturated heterocycles. The van der Waals surface area contributed by atoms with Crippen LogP contribution in [0.15, 0.2) is 41.3 Å². The van der Waals surface area contributed by atoms with Gasteiger partial charge in [0.25, 0.3) is 0 Å². The lowest BCUT2D eigenvalue weighted by molar-refractivity contribution is 0.564. The Kier molecular flexibility index (Phi) is 4.55. The first-order valence-electron chi connectivity index (χ1n) is 6.12. The lowest BCUT2D eigenvalue weighted by Gasteiger charge is -2.11. The van der Waals surface area contributed by atoms with Gasteiger partial charge in [0.1, 0.15) is 0 Å². The quantitative estimate of drug-likeness (QED) is 0.919. The number of nitrogens with one attached hydrogen (secondary N) is 1. The van der Waals surface area contributed by atoms with Gasteiger partial charge < -0.3 is 9.88 Å². The van der Waals surface area contributed by atoms with E-state index in [-0.39, 0.29) is 0 Å². The van der Waals surface area contributed by atoms with Crippen LogP contribution in [0.4, 0.5) is 0 Å². The van der Waals surface area contributed by atoms with Crippen LogP contribution < -0.4 is 5.32 Å². The van der Waals surface area contributed by atoms with E-state index >= 15 is 0 Å². The summed E-state index contributed by atoms with van der Waals surface area (Å²) in [7, 11) is 0. The highest BCUT2D eigenvalue weighted by Gasteiger charge is 2.03. The Labute approximate surface area is 116 Å². The first kappa shape index (κ1) is 13.3. The molecule has 0 unspecified atom stereocenters. The lowest BCUT2D eigenvalue weighted by Crippen LogP contribution is -2.23. The number of benzene rings is 1. The second-order valence-electron chi connectivity index (χ2n) is 4.67. The molecule has 0 aliphatic rings. The van der Waals surface area contributed by atoms with Crippen LogP contribution in [-0.2, 0) is 13.1 Å². The number of hydrogen-bond donors (Lipinski definition) is 1. The minimum absolute atomic E-state index is 0.487. The van der Waals surface area contributed by atoms with E-state index in [9.17, 15) is 0 Å². The number of imidazole rings is 1. The predicted octanol–water partition coefficient (Wildman–Crippen LogP) is 3.19. The highest BCUT2D eigenvalue weighted by Crippen LogP contribution is 2.12. The number of halogens is 1. The van der Waals surface area contributed by atoms with Crippen LogP contribution in [0.2, 0.25) is 0 Å². The molecule has 1 aromatic carbocycles. The molecule has 2 aromatic rings. The fourth-order valence-corrected chi connectivity index (χ4v) is 2.00. The van der Waals surface area contributed by atoms with Gasteiger partial charge in [0.05, 0.1) is 12.0 Å². The third-order valence-corrected chi connectivity index (χ3v) is 3.28. The van der Waals surface area contributed by atoms with Crippen molar-refractivity contribution in [1.82, 2.24) is 14.9 Å². The van der Waals surface area contributed by atoms with Crippen molar-refractivity contribution in [2.24, 2.45) is 0 Å². The summed E-state index contributed by atoms with van der Waals surface area (Å²) in [6.07, 6.45) is 3.81. The average molecular weight is 308 g/mol. The fourth-order valence-electron chi connectivity index (χ4n) is 1.73. The van der Waals surface area contributed by atoms with E-state index in [0.717, 1.165) is 17.6 Å². The first-order chi connectivity index (χ1) is 8.65. The molecule has 0 aliphatic heterocycles. The summed E-state index contributed by atoms with van der Waals surface area (Å²) in [5.41, 5.74) is 2.49. The molecule has 1 N–H and O–H groups in total. The van der Waals surface area contributed by atoms with Crippen molar-refractivity contribution >= 4 is 15.9 Å². The van der Waals surface area contributed by atoms with Gasteiger partial charge in [0.15, 0.2) is 0 Å². The van der Waals surface area contributed by atoms with Crippen molar-refractivity contribution in [2.75, 3.05) is 0 Å². The maximum atomic E-state index is 4.23. The van der Waals surface area contributed by atoms with Crippen LogP contribution in [0.3, 0.4) is 0 Å². The van der Waals surface area contributed by atoms with Gasteiger partial charge in [-0.25, -0.2) is 4.98 Å². The molecule has 2 rings (SSSR count). The monoisotopic (exact) mass is 307 g/mol. The molecule has 0 radical (unpaired) electrons. The highest BCUT2D eigenvalue weighted by atomic mass is 79.9. The molecule has 0 atom stereocenters. The normalized spacial score (nSPS) is 11.1. The van der Waals surface area contributed by atoms with Gasteiger partial charge in [-0.15, -0.1) is 0 Å². The molecule has 4 heteroatoms. The Hall–Kier alpha value is -1.13. The van der Waals surface area contributed by atoms with E-state index in [1.165, 1.54) is 11.3 Å². The molecular weight excluding hydrogens is 290 g/mol. The van der Waals surface area contributed by atoms with Gasteiger partial charge in [-0.05, 0) is 17.7 Å². The van der Waals surface area contributed by atoms with Crippen molar-refractivity contribution in [3.63, 3.8) is 0 Å². The summed E-state index contributed by atoms with van der Waals surface area (Å²) < 4.78 is 3.29. The topological polar surface area (TPSA) is 29.9 Å². The molecule has 0 amide bonds. The van der Waals surface area contributed by atoms with Crippen LogP contribution in [0.5, 0.6) is 0 Å². The van der Waals surface area contributed by atoms with Crippen LogP contribution >= 0.6 is 15.9 Å². The SMILES string of the molecule is CC(C)NCc1cncn1Cc1ccc(Br)cc1. The van der Waals surface area contributed by atoms with Gasteiger partial charge in [-0.2, -0.15) is 0 Å². The van der Waals surface area contributed by atoms with Crippen molar-refractivity contribution in [3.8, 4) is 0 Å². The molecule has 18 heavy (non-hydrogen) atoms. The average Bonchev–Trinajstić information content (AvgIpc) is 2.77. The summed E-state index contributed by atoms with van der Waals surface area (Å²) in [4.78, 5) is 4.23. The smallest absolute Gasteiger partial charge is 0.0951 e. The zero-order chi connectivity index (χ0) is 13.0. The molecule has 1 heterocycles. The number of rotatable bonds is 5. The molecule has 0 spiro atoms. The van der Waals surface area contributed by atoms with Crippen molar-refractivity contribution in [3.05, 3.63) is 52.5 Å². The Morgan fingerprint density at radius 3 is 2.67 bits per heavy atom. The Balaban J connectivity index is 2.05. The Morgan fingerprint density at radius 1 is 1.28 bits per heavy atom. The Bertz CT molecular complexity index is 488. The molecule has 0 saturated carbocycles. The summed E-state index contributed by atoms with van der Waals surface area (Å²) in [5, 5.41) is 3.41. The van der Waals surface area contributed by atoms with Gasteiger partial charge >= 0.3 is 0 Å². The van der Waals surface area contributed by atoms with E-state index in [0.29, 0.717) is 6.04 Å². The minimum Gasteiger partial charge on any atom is -0.329 e. The van der Waals surface area contributed by atoms with Crippen molar-refractivity contribution in [1.29, 1.82) is 0 Å². The lowest BCUT2D eigenvalue weighted by atomic mass is 10.2. The van der Waals surface area contributed by atoms with Crippen LogP contribution in [0.1, 0.15) is 25.1 Å². The highest BCUT2D eigenvalue weighted by molar-refractivity contribution is 9.10. The summed E-state index contributed by atoms with van der Waals surface area (Å²) >= 11 is 3.45. The van der Waals surface area contributed by atoms with E-state index < -0.39 is 0 Å². The van der Waals surface area contributed by atoms with Crippen LogP contribution in [0, 0.1) is 0 Å². The summed E-state index contributed by atoms with van der Waals surface area (Å²) in [6.45, 7) is 6.02. The van der Waals surface area contributed by atoms with Gasteiger partial charge in [-0.1, -0.05) is 41.9 Å².